The molecule has 1 aromatic carbocycles. The minimum Gasteiger partial charge on any atom is -0.258 e. The minimum absolute atomic E-state index is 0.0736. The molecule has 0 heterocycles. The molecule has 0 saturated carbocycles. The van der Waals surface area contributed by atoms with Gasteiger partial charge in [-0.3, -0.25) is 10.1 Å². The summed E-state index contributed by atoms with van der Waals surface area (Å²) in [5, 5.41) is 11.1. The Morgan fingerprint density at radius 1 is 1.50 bits per heavy atom. The van der Waals surface area contributed by atoms with Gasteiger partial charge in [0, 0.05) is 22.7 Å². The Balaban J connectivity index is 2.97. The summed E-state index contributed by atoms with van der Waals surface area (Å²) >= 11 is 12.6. The zero-order chi connectivity index (χ0) is 10.6. The fourth-order valence-electron chi connectivity index (χ4n) is 0.903. The highest BCUT2D eigenvalue weighted by Crippen LogP contribution is 2.31. The van der Waals surface area contributed by atoms with Crippen molar-refractivity contribution in [1.82, 2.24) is 0 Å². The van der Waals surface area contributed by atoms with Crippen LogP contribution >= 0.6 is 35.0 Å². The summed E-state index contributed by atoms with van der Waals surface area (Å²) in [6.07, 6.45) is 0. The Morgan fingerprint density at radius 3 is 2.79 bits per heavy atom. The molecule has 0 aromatic heterocycles. The highest BCUT2D eigenvalue weighted by atomic mass is 35.5. The summed E-state index contributed by atoms with van der Waals surface area (Å²) in [6.45, 7) is 0. The lowest BCUT2D eigenvalue weighted by Crippen LogP contribution is -1.91. The molecule has 0 atom stereocenters. The molecule has 76 valence electrons. The van der Waals surface area contributed by atoms with Gasteiger partial charge in [-0.1, -0.05) is 11.6 Å². The third-order valence-electron chi connectivity index (χ3n) is 1.45. The fourth-order valence-corrected chi connectivity index (χ4v) is 2.17. The number of nitrogens with zero attached hydrogens (tertiary/aromatic N) is 1. The molecule has 14 heavy (non-hydrogen) atoms. The van der Waals surface area contributed by atoms with E-state index in [1.807, 2.05) is 0 Å². The molecule has 0 bridgehead atoms. The molecular formula is C8H7Cl2NO2S. The van der Waals surface area contributed by atoms with E-state index in [2.05, 4.69) is 0 Å². The van der Waals surface area contributed by atoms with E-state index in [1.165, 1.54) is 23.9 Å². The summed E-state index contributed by atoms with van der Waals surface area (Å²) in [4.78, 5) is 10.7. The Kier molecular flexibility index (Phi) is 4.51. The molecule has 6 heteroatoms. The summed E-state index contributed by atoms with van der Waals surface area (Å²) < 4.78 is 0. The molecule has 0 radical (unpaired) electrons. The van der Waals surface area contributed by atoms with E-state index in [0.717, 1.165) is 0 Å². The van der Waals surface area contributed by atoms with Crippen LogP contribution in [0.1, 0.15) is 0 Å². The number of hydrogen-bond donors (Lipinski definition) is 0. The van der Waals surface area contributed by atoms with Crippen molar-refractivity contribution in [1.29, 1.82) is 0 Å². The van der Waals surface area contributed by atoms with Gasteiger partial charge in [-0.05, 0) is 12.1 Å². The van der Waals surface area contributed by atoms with Crippen molar-refractivity contribution in [3.8, 4) is 0 Å². The fraction of sp³-hybridized carbons (Fsp3) is 0.250. The van der Waals surface area contributed by atoms with Gasteiger partial charge >= 0.3 is 0 Å². The van der Waals surface area contributed by atoms with Crippen molar-refractivity contribution in [2.24, 2.45) is 0 Å². The number of nitro groups is 1. The summed E-state index contributed by atoms with van der Waals surface area (Å²) in [5.74, 6) is 1.08. The van der Waals surface area contributed by atoms with Crippen LogP contribution in [0.2, 0.25) is 5.02 Å². The highest BCUT2D eigenvalue weighted by molar-refractivity contribution is 7.99. The van der Waals surface area contributed by atoms with Crippen LogP contribution in [0.15, 0.2) is 23.1 Å². The lowest BCUT2D eigenvalue weighted by Gasteiger charge is -2.01. The average Bonchev–Trinajstić information content (AvgIpc) is 2.14. The van der Waals surface area contributed by atoms with E-state index in [4.69, 9.17) is 23.2 Å². The molecule has 0 unspecified atom stereocenters. The molecule has 0 saturated heterocycles. The van der Waals surface area contributed by atoms with Crippen LogP contribution in [0, 0.1) is 10.1 Å². The van der Waals surface area contributed by atoms with Gasteiger partial charge in [-0.15, -0.1) is 23.4 Å². The smallest absolute Gasteiger partial charge is 0.258 e. The first-order valence-corrected chi connectivity index (χ1v) is 5.67. The van der Waals surface area contributed by atoms with Crippen LogP contribution < -0.4 is 0 Å². The molecule has 3 nitrogen and oxygen atoms in total. The first-order valence-electron chi connectivity index (χ1n) is 3.78. The number of hydrogen-bond acceptors (Lipinski definition) is 3. The van der Waals surface area contributed by atoms with Crippen LogP contribution in [0.4, 0.5) is 5.69 Å². The summed E-state index contributed by atoms with van der Waals surface area (Å²) in [5.41, 5.74) is 0.0736. The van der Waals surface area contributed by atoms with E-state index in [0.29, 0.717) is 21.6 Å². The van der Waals surface area contributed by atoms with Crippen LogP contribution in [-0.2, 0) is 0 Å². The minimum atomic E-state index is -0.424. The largest absolute Gasteiger partial charge is 0.282 e. The van der Waals surface area contributed by atoms with Gasteiger partial charge in [0.2, 0.25) is 0 Å². The molecule has 0 aliphatic heterocycles. The lowest BCUT2D eigenvalue weighted by atomic mass is 10.3. The van der Waals surface area contributed by atoms with Gasteiger partial charge < -0.3 is 0 Å². The number of thioether (sulfide) groups is 1. The second-order valence-corrected chi connectivity index (χ2v) is 4.36. The van der Waals surface area contributed by atoms with E-state index >= 15 is 0 Å². The van der Waals surface area contributed by atoms with Gasteiger partial charge in [-0.25, -0.2) is 0 Å². The van der Waals surface area contributed by atoms with Crippen LogP contribution in [0.5, 0.6) is 0 Å². The van der Waals surface area contributed by atoms with Crippen LogP contribution in [-0.4, -0.2) is 16.6 Å². The SMILES string of the molecule is O=[N+]([O-])c1ccc(Cl)cc1SCCCl. The molecule has 0 fully saturated rings. The predicted molar refractivity (Wildman–Crippen MR) is 59.6 cm³/mol. The molecule has 0 N–H and O–H groups in total. The maximum atomic E-state index is 10.6. The van der Waals surface area contributed by atoms with E-state index in [1.54, 1.807) is 6.07 Å². The van der Waals surface area contributed by atoms with E-state index in [9.17, 15) is 10.1 Å². The molecule has 0 aliphatic carbocycles. The Labute approximate surface area is 95.5 Å². The first-order chi connectivity index (χ1) is 6.65. The second-order valence-electron chi connectivity index (χ2n) is 2.41. The van der Waals surface area contributed by atoms with Crippen LogP contribution in [0.25, 0.3) is 0 Å². The molecule has 1 aromatic rings. The number of halogens is 2. The highest BCUT2D eigenvalue weighted by Gasteiger charge is 2.13. The first kappa shape index (κ1) is 11.6. The summed E-state index contributed by atoms with van der Waals surface area (Å²) in [6, 6.07) is 4.49. The monoisotopic (exact) mass is 251 g/mol. The number of alkyl halides is 1. The second kappa shape index (κ2) is 5.44. The van der Waals surface area contributed by atoms with Crippen molar-refractivity contribution >= 4 is 40.7 Å². The number of nitro benzene ring substituents is 1. The van der Waals surface area contributed by atoms with E-state index in [-0.39, 0.29) is 5.69 Å². The maximum absolute atomic E-state index is 10.6. The van der Waals surface area contributed by atoms with Gasteiger partial charge in [0.25, 0.3) is 5.69 Å². The van der Waals surface area contributed by atoms with Crippen molar-refractivity contribution in [2.75, 3.05) is 11.6 Å². The normalized spacial score (nSPS) is 10.1. The van der Waals surface area contributed by atoms with Gasteiger partial charge in [0.15, 0.2) is 0 Å². The maximum Gasteiger partial charge on any atom is 0.282 e. The quantitative estimate of drug-likeness (QED) is 0.356. The molecule has 0 spiro atoms. The predicted octanol–water partition coefficient (Wildman–Crippen LogP) is 3.58. The van der Waals surface area contributed by atoms with Crippen molar-refractivity contribution in [3.05, 3.63) is 33.3 Å². The third-order valence-corrected chi connectivity index (χ3v) is 3.15. The Hall–Kier alpha value is -0.450. The average molecular weight is 252 g/mol. The molecule has 0 aliphatic rings. The van der Waals surface area contributed by atoms with Gasteiger partial charge in [0.05, 0.1) is 9.82 Å². The third kappa shape index (κ3) is 3.04. The number of rotatable bonds is 4. The molecular weight excluding hydrogens is 245 g/mol. The van der Waals surface area contributed by atoms with Gasteiger partial charge in [-0.2, -0.15) is 0 Å². The zero-order valence-electron chi connectivity index (χ0n) is 7.07. The summed E-state index contributed by atoms with van der Waals surface area (Å²) in [7, 11) is 0. The standard InChI is InChI=1S/C8H7Cl2NO2S/c9-3-4-14-8-5-6(10)1-2-7(8)11(12)13/h1-2,5H,3-4H2. The zero-order valence-corrected chi connectivity index (χ0v) is 9.40. The molecule has 0 amide bonds. The van der Waals surface area contributed by atoms with Crippen molar-refractivity contribution in [3.63, 3.8) is 0 Å². The van der Waals surface area contributed by atoms with Crippen molar-refractivity contribution < 1.29 is 4.92 Å². The van der Waals surface area contributed by atoms with Crippen LogP contribution in [0.3, 0.4) is 0 Å². The van der Waals surface area contributed by atoms with Crippen molar-refractivity contribution in [2.45, 2.75) is 4.90 Å². The van der Waals surface area contributed by atoms with E-state index < -0.39 is 4.92 Å². The Morgan fingerprint density at radius 2 is 2.21 bits per heavy atom. The number of benzene rings is 1. The lowest BCUT2D eigenvalue weighted by molar-refractivity contribution is -0.387. The Bertz CT molecular complexity index is 346. The topological polar surface area (TPSA) is 43.1 Å². The van der Waals surface area contributed by atoms with Gasteiger partial charge in [0.1, 0.15) is 0 Å². The molecule has 1 rings (SSSR count).